The number of hydrogen-bond acceptors (Lipinski definition) is 3. The molecule has 96 valence electrons. The molecular weight excluding hydrogens is 214 g/mol. The van der Waals surface area contributed by atoms with Gasteiger partial charge in [-0.15, -0.1) is 0 Å². The summed E-state index contributed by atoms with van der Waals surface area (Å²) < 4.78 is 0. The van der Waals surface area contributed by atoms with Crippen molar-refractivity contribution in [1.29, 1.82) is 0 Å². The van der Waals surface area contributed by atoms with E-state index in [-0.39, 0.29) is 0 Å². The van der Waals surface area contributed by atoms with E-state index in [0.29, 0.717) is 18.8 Å². The molecule has 0 bridgehead atoms. The van der Waals surface area contributed by atoms with Crippen LogP contribution in [-0.4, -0.2) is 28.5 Å². The van der Waals surface area contributed by atoms with Crippen LogP contribution in [0.25, 0.3) is 0 Å². The van der Waals surface area contributed by atoms with E-state index in [0.717, 1.165) is 5.56 Å². The zero-order valence-electron chi connectivity index (χ0n) is 10.6. The summed E-state index contributed by atoms with van der Waals surface area (Å²) in [7, 11) is 0. The predicted molar refractivity (Wildman–Crippen MR) is 69.6 cm³/mol. The Morgan fingerprint density at radius 1 is 1.12 bits per heavy atom. The van der Waals surface area contributed by atoms with Crippen molar-refractivity contribution < 1.29 is 10.2 Å². The third-order valence-corrected chi connectivity index (χ3v) is 2.86. The van der Waals surface area contributed by atoms with Gasteiger partial charge in [0.15, 0.2) is 0 Å². The Labute approximate surface area is 103 Å². The maximum Gasteiger partial charge on any atom is 0.0952 e. The number of hydrogen-bond donors (Lipinski definition) is 3. The lowest BCUT2D eigenvalue weighted by Gasteiger charge is -2.25. The van der Waals surface area contributed by atoms with Crippen molar-refractivity contribution in [3.05, 3.63) is 35.9 Å². The highest BCUT2D eigenvalue weighted by molar-refractivity contribution is 5.16. The van der Waals surface area contributed by atoms with Gasteiger partial charge in [-0.3, -0.25) is 0 Å². The first-order chi connectivity index (χ1) is 8.00. The molecule has 1 aromatic rings. The molecule has 0 heterocycles. The monoisotopic (exact) mass is 237 g/mol. The van der Waals surface area contributed by atoms with E-state index in [2.05, 4.69) is 0 Å². The standard InChI is InChI=1S/C14H23NO2/c1-10(2)8-13(16)14(17)12(15)9-11-6-4-3-5-7-11/h3-7,10,12-14,16-17H,8-9,15H2,1-2H3/t12-,13-,14+/m0/s1. The lowest BCUT2D eigenvalue weighted by atomic mass is 9.94. The number of nitrogens with two attached hydrogens (primary N) is 1. The van der Waals surface area contributed by atoms with E-state index in [4.69, 9.17) is 5.73 Å². The highest BCUT2D eigenvalue weighted by atomic mass is 16.3. The summed E-state index contributed by atoms with van der Waals surface area (Å²) in [5, 5.41) is 19.7. The minimum Gasteiger partial charge on any atom is -0.390 e. The fourth-order valence-corrected chi connectivity index (χ4v) is 1.91. The molecule has 0 unspecified atom stereocenters. The average Bonchev–Trinajstić information content (AvgIpc) is 2.28. The molecule has 4 N–H and O–H groups in total. The maximum atomic E-state index is 9.92. The molecular formula is C14H23NO2. The smallest absolute Gasteiger partial charge is 0.0952 e. The first-order valence-electron chi connectivity index (χ1n) is 6.16. The van der Waals surface area contributed by atoms with Crippen LogP contribution in [0.4, 0.5) is 0 Å². The van der Waals surface area contributed by atoms with Crippen LogP contribution in [0.3, 0.4) is 0 Å². The van der Waals surface area contributed by atoms with Gasteiger partial charge in [-0.25, -0.2) is 0 Å². The largest absolute Gasteiger partial charge is 0.390 e. The number of aliphatic hydroxyl groups is 2. The molecule has 3 heteroatoms. The Balaban J connectivity index is 2.49. The van der Waals surface area contributed by atoms with Gasteiger partial charge in [0.25, 0.3) is 0 Å². The Hall–Kier alpha value is -0.900. The van der Waals surface area contributed by atoms with Crippen molar-refractivity contribution in [2.75, 3.05) is 0 Å². The Morgan fingerprint density at radius 3 is 2.24 bits per heavy atom. The molecule has 0 aliphatic carbocycles. The molecule has 3 atom stereocenters. The molecule has 0 aliphatic heterocycles. The third-order valence-electron chi connectivity index (χ3n) is 2.86. The molecule has 0 aromatic heterocycles. The molecule has 3 nitrogen and oxygen atoms in total. The van der Waals surface area contributed by atoms with Gasteiger partial charge in [-0.1, -0.05) is 44.2 Å². The minimum atomic E-state index is -0.863. The summed E-state index contributed by atoms with van der Waals surface area (Å²) >= 11 is 0. The molecule has 0 spiro atoms. The summed E-state index contributed by atoms with van der Waals surface area (Å²) in [5.41, 5.74) is 7.00. The van der Waals surface area contributed by atoms with Crippen molar-refractivity contribution in [2.45, 2.75) is 44.9 Å². The van der Waals surface area contributed by atoms with Crippen LogP contribution in [0.2, 0.25) is 0 Å². The second-order valence-electron chi connectivity index (χ2n) is 5.04. The van der Waals surface area contributed by atoms with Gasteiger partial charge in [-0.05, 0) is 24.3 Å². The normalized spacial score (nSPS) is 16.8. The number of rotatable bonds is 6. The van der Waals surface area contributed by atoms with Crippen molar-refractivity contribution in [3.63, 3.8) is 0 Å². The molecule has 0 saturated heterocycles. The van der Waals surface area contributed by atoms with E-state index >= 15 is 0 Å². The van der Waals surface area contributed by atoms with Gasteiger partial charge in [0.05, 0.1) is 12.2 Å². The van der Waals surface area contributed by atoms with Gasteiger partial charge in [0.2, 0.25) is 0 Å². The fraction of sp³-hybridized carbons (Fsp3) is 0.571. The minimum absolute atomic E-state index is 0.351. The van der Waals surface area contributed by atoms with Crippen LogP contribution in [0.15, 0.2) is 30.3 Å². The van der Waals surface area contributed by atoms with E-state index in [1.54, 1.807) is 0 Å². The van der Waals surface area contributed by atoms with Crippen molar-refractivity contribution >= 4 is 0 Å². The lowest BCUT2D eigenvalue weighted by molar-refractivity contribution is -0.00654. The fourth-order valence-electron chi connectivity index (χ4n) is 1.91. The third kappa shape index (κ3) is 4.86. The van der Waals surface area contributed by atoms with E-state index < -0.39 is 18.2 Å². The van der Waals surface area contributed by atoms with Gasteiger partial charge in [0.1, 0.15) is 0 Å². The van der Waals surface area contributed by atoms with E-state index in [9.17, 15) is 10.2 Å². The Morgan fingerprint density at radius 2 is 1.71 bits per heavy atom. The Kier molecular flexibility index (Phi) is 5.62. The lowest BCUT2D eigenvalue weighted by Crippen LogP contribution is -2.44. The summed E-state index contributed by atoms with van der Waals surface area (Å²) in [6.45, 7) is 4.03. The van der Waals surface area contributed by atoms with Gasteiger partial charge >= 0.3 is 0 Å². The second kappa shape index (κ2) is 6.74. The molecule has 0 radical (unpaired) electrons. The zero-order valence-corrected chi connectivity index (χ0v) is 10.6. The topological polar surface area (TPSA) is 66.5 Å². The first kappa shape index (κ1) is 14.2. The maximum absolute atomic E-state index is 9.92. The molecule has 1 rings (SSSR count). The Bertz CT molecular complexity index is 313. The van der Waals surface area contributed by atoms with Gasteiger partial charge in [-0.2, -0.15) is 0 Å². The molecule has 0 amide bonds. The number of aliphatic hydroxyl groups excluding tert-OH is 2. The van der Waals surface area contributed by atoms with Crippen LogP contribution in [0.5, 0.6) is 0 Å². The van der Waals surface area contributed by atoms with Gasteiger partial charge in [0, 0.05) is 6.04 Å². The van der Waals surface area contributed by atoms with Gasteiger partial charge < -0.3 is 15.9 Å². The van der Waals surface area contributed by atoms with Crippen LogP contribution < -0.4 is 5.73 Å². The average molecular weight is 237 g/mol. The molecule has 1 aromatic carbocycles. The molecule has 0 saturated carbocycles. The van der Waals surface area contributed by atoms with E-state index in [1.165, 1.54) is 0 Å². The SMILES string of the molecule is CC(C)C[C@H](O)[C@H](O)[C@@H](N)Cc1ccccc1. The molecule has 0 aliphatic rings. The summed E-state index contributed by atoms with van der Waals surface area (Å²) in [6.07, 6.45) is -0.452. The predicted octanol–water partition coefficient (Wildman–Crippen LogP) is 1.32. The quantitative estimate of drug-likeness (QED) is 0.699. The van der Waals surface area contributed by atoms with E-state index in [1.807, 2.05) is 44.2 Å². The first-order valence-corrected chi connectivity index (χ1v) is 6.16. The summed E-state index contributed by atoms with van der Waals surface area (Å²) in [5.74, 6) is 0.351. The molecule has 0 fully saturated rings. The highest BCUT2D eigenvalue weighted by Gasteiger charge is 2.24. The van der Waals surface area contributed by atoms with Crippen LogP contribution in [0.1, 0.15) is 25.8 Å². The van der Waals surface area contributed by atoms with Crippen LogP contribution in [0, 0.1) is 5.92 Å². The highest BCUT2D eigenvalue weighted by Crippen LogP contribution is 2.12. The van der Waals surface area contributed by atoms with Crippen LogP contribution >= 0.6 is 0 Å². The van der Waals surface area contributed by atoms with Crippen molar-refractivity contribution in [3.8, 4) is 0 Å². The van der Waals surface area contributed by atoms with Crippen LogP contribution in [-0.2, 0) is 6.42 Å². The van der Waals surface area contributed by atoms with Crippen molar-refractivity contribution in [1.82, 2.24) is 0 Å². The van der Waals surface area contributed by atoms with Crippen molar-refractivity contribution in [2.24, 2.45) is 11.7 Å². The molecule has 17 heavy (non-hydrogen) atoms. The summed E-state index contributed by atoms with van der Waals surface area (Å²) in [4.78, 5) is 0. The zero-order chi connectivity index (χ0) is 12.8. The second-order valence-corrected chi connectivity index (χ2v) is 5.04. The number of benzene rings is 1. The summed E-state index contributed by atoms with van der Waals surface area (Å²) in [6, 6.07) is 9.35.